The Morgan fingerprint density at radius 2 is 2.12 bits per heavy atom. The van der Waals surface area contributed by atoms with Gasteiger partial charge in [-0.3, -0.25) is 4.79 Å². The minimum Gasteiger partial charge on any atom is -0.480 e. The van der Waals surface area contributed by atoms with Gasteiger partial charge in [0.05, 0.1) is 6.04 Å². The SMILES string of the molecule is CN[C@@H](CC(C)C)C(=O)N1CC[C@H]1C(=O)O. The molecule has 92 valence electrons. The average molecular weight is 228 g/mol. The van der Waals surface area contributed by atoms with Gasteiger partial charge in [0.1, 0.15) is 6.04 Å². The van der Waals surface area contributed by atoms with Gasteiger partial charge < -0.3 is 15.3 Å². The summed E-state index contributed by atoms with van der Waals surface area (Å²) >= 11 is 0. The van der Waals surface area contributed by atoms with Crippen LogP contribution in [0.15, 0.2) is 0 Å². The van der Waals surface area contributed by atoms with Crippen molar-refractivity contribution in [3.63, 3.8) is 0 Å². The molecule has 2 N–H and O–H groups in total. The molecule has 0 unspecified atom stereocenters. The molecule has 1 heterocycles. The van der Waals surface area contributed by atoms with Crippen LogP contribution in [-0.4, -0.2) is 47.6 Å². The van der Waals surface area contributed by atoms with E-state index in [4.69, 9.17) is 5.11 Å². The summed E-state index contributed by atoms with van der Waals surface area (Å²) in [5.74, 6) is -0.584. The molecule has 1 aliphatic heterocycles. The summed E-state index contributed by atoms with van der Waals surface area (Å²) in [5.41, 5.74) is 0. The predicted molar refractivity (Wildman–Crippen MR) is 60.1 cm³/mol. The minimum atomic E-state index is -0.904. The predicted octanol–water partition coefficient (Wildman–Crippen LogP) is 0.306. The first-order valence-electron chi connectivity index (χ1n) is 5.68. The number of nitrogens with zero attached hydrogens (tertiary/aromatic N) is 1. The molecule has 1 amide bonds. The lowest BCUT2D eigenvalue weighted by molar-refractivity contribution is -0.158. The van der Waals surface area contributed by atoms with Crippen molar-refractivity contribution >= 4 is 11.9 Å². The van der Waals surface area contributed by atoms with E-state index >= 15 is 0 Å². The first kappa shape index (κ1) is 13.0. The van der Waals surface area contributed by atoms with Crippen LogP contribution in [-0.2, 0) is 9.59 Å². The second-order valence-electron chi connectivity index (χ2n) is 4.65. The van der Waals surface area contributed by atoms with Crippen LogP contribution in [0.25, 0.3) is 0 Å². The Kier molecular flexibility index (Phi) is 4.29. The van der Waals surface area contributed by atoms with Gasteiger partial charge in [-0.05, 0) is 25.8 Å². The molecule has 0 saturated carbocycles. The number of aliphatic carboxylic acids is 1. The second kappa shape index (κ2) is 5.30. The van der Waals surface area contributed by atoms with Gasteiger partial charge in [-0.25, -0.2) is 4.79 Å². The summed E-state index contributed by atoms with van der Waals surface area (Å²) in [6, 6.07) is -0.877. The van der Waals surface area contributed by atoms with Crippen molar-refractivity contribution in [2.45, 2.75) is 38.8 Å². The number of carboxylic acids is 1. The van der Waals surface area contributed by atoms with Crippen molar-refractivity contribution in [1.82, 2.24) is 10.2 Å². The van der Waals surface area contributed by atoms with Crippen LogP contribution in [0.1, 0.15) is 26.7 Å². The van der Waals surface area contributed by atoms with Gasteiger partial charge in [-0.15, -0.1) is 0 Å². The first-order chi connectivity index (χ1) is 7.47. The molecule has 0 radical (unpaired) electrons. The summed E-state index contributed by atoms with van der Waals surface area (Å²) in [7, 11) is 1.74. The molecule has 16 heavy (non-hydrogen) atoms. The van der Waals surface area contributed by atoms with E-state index in [-0.39, 0.29) is 11.9 Å². The Labute approximate surface area is 95.8 Å². The van der Waals surface area contributed by atoms with Crippen molar-refractivity contribution in [3.8, 4) is 0 Å². The molecule has 0 aromatic heterocycles. The third-order valence-corrected chi connectivity index (χ3v) is 2.94. The molecular formula is C11H20N2O3. The lowest BCUT2D eigenvalue weighted by atomic mass is 9.97. The van der Waals surface area contributed by atoms with E-state index < -0.39 is 12.0 Å². The summed E-state index contributed by atoms with van der Waals surface area (Å²) in [5, 5.41) is 11.8. The number of carboxylic acid groups (broad SMARTS) is 1. The quantitative estimate of drug-likeness (QED) is 0.710. The van der Waals surface area contributed by atoms with Crippen LogP contribution in [0, 0.1) is 5.92 Å². The van der Waals surface area contributed by atoms with Gasteiger partial charge in [0.15, 0.2) is 0 Å². The van der Waals surface area contributed by atoms with E-state index in [9.17, 15) is 9.59 Å². The van der Waals surface area contributed by atoms with Crippen molar-refractivity contribution in [2.75, 3.05) is 13.6 Å². The number of carbonyl (C=O) groups is 2. The van der Waals surface area contributed by atoms with Crippen LogP contribution >= 0.6 is 0 Å². The fourth-order valence-electron chi connectivity index (χ4n) is 1.92. The zero-order valence-corrected chi connectivity index (χ0v) is 10.1. The van der Waals surface area contributed by atoms with E-state index in [0.29, 0.717) is 18.9 Å². The number of likely N-dealkylation sites (tertiary alicyclic amines) is 1. The Morgan fingerprint density at radius 1 is 1.50 bits per heavy atom. The second-order valence-corrected chi connectivity index (χ2v) is 4.65. The zero-order valence-electron chi connectivity index (χ0n) is 10.1. The van der Waals surface area contributed by atoms with Gasteiger partial charge in [0, 0.05) is 6.54 Å². The highest BCUT2D eigenvalue weighted by molar-refractivity contribution is 5.88. The van der Waals surface area contributed by atoms with Gasteiger partial charge in [0.2, 0.25) is 5.91 Å². The maximum Gasteiger partial charge on any atom is 0.326 e. The molecule has 1 aliphatic rings. The third kappa shape index (κ3) is 2.72. The highest BCUT2D eigenvalue weighted by Crippen LogP contribution is 2.20. The number of carbonyl (C=O) groups excluding carboxylic acids is 1. The number of rotatable bonds is 5. The fraction of sp³-hybridized carbons (Fsp3) is 0.818. The third-order valence-electron chi connectivity index (χ3n) is 2.94. The van der Waals surface area contributed by atoms with E-state index in [0.717, 1.165) is 6.42 Å². The van der Waals surface area contributed by atoms with E-state index in [1.807, 2.05) is 13.8 Å². The summed E-state index contributed by atoms with van der Waals surface area (Å²) in [4.78, 5) is 24.3. The molecule has 1 saturated heterocycles. The topological polar surface area (TPSA) is 69.6 Å². The van der Waals surface area contributed by atoms with Crippen LogP contribution in [0.5, 0.6) is 0 Å². The Balaban J connectivity index is 2.58. The Bertz CT molecular complexity index is 278. The smallest absolute Gasteiger partial charge is 0.326 e. The van der Waals surface area contributed by atoms with Crippen molar-refractivity contribution in [3.05, 3.63) is 0 Å². The van der Waals surface area contributed by atoms with Gasteiger partial charge in [-0.2, -0.15) is 0 Å². The Morgan fingerprint density at radius 3 is 2.44 bits per heavy atom. The molecule has 0 aliphatic carbocycles. The van der Waals surface area contributed by atoms with Crippen molar-refractivity contribution in [1.29, 1.82) is 0 Å². The summed E-state index contributed by atoms with van der Waals surface area (Å²) < 4.78 is 0. The number of hydrogen-bond donors (Lipinski definition) is 2. The number of hydrogen-bond acceptors (Lipinski definition) is 3. The lowest BCUT2D eigenvalue weighted by Crippen LogP contribution is -2.59. The van der Waals surface area contributed by atoms with Crippen LogP contribution in [0.3, 0.4) is 0 Å². The molecule has 5 nitrogen and oxygen atoms in total. The zero-order chi connectivity index (χ0) is 12.3. The molecular weight excluding hydrogens is 208 g/mol. The number of nitrogens with one attached hydrogen (secondary N) is 1. The Hall–Kier alpha value is -1.10. The highest BCUT2D eigenvalue weighted by Gasteiger charge is 2.39. The molecule has 2 atom stereocenters. The summed E-state index contributed by atoms with van der Waals surface area (Å²) in [6.07, 6.45) is 1.30. The minimum absolute atomic E-state index is 0.0881. The molecule has 0 aromatic carbocycles. The van der Waals surface area contributed by atoms with Crippen LogP contribution < -0.4 is 5.32 Å². The largest absolute Gasteiger partial charge is 0.480 e. The monoisotopic (exact) mass is 228 g/mol. The molecule has 5 heteroatoms. The molecule has 0 spiro atoms. The maximum atomic E-state index is 12.0. The maximum absolute atomic E-state index is 12.0. The van der Waals surface area contributed by atoms with Crippen molar-refractivity contribution in [2.24, 2.45) is 5.92 Å². The van der Waals surface area contributed by atoms with E-state index in [2.05, 4.69) is 5.32 Å². The van der Waals surface area contributed by atoms with E-state index in [1.54, 1.807) is 7.05 Å². The summed E-state index contributed by atoms with van der Waals surface area (Å²) in [6.45, 7) is 4.65. The van der Waals surface area contributed by atoms with Gasteiger partial charge in [-0.1, -0.05) is 13.8 Å². The van der Waals surface area contributed by atoms with E-state index in [1.165, 1.54) is 4.90 Å². The van der Waals surface area contributed by atoms with Crippen molar-refractivity contribution < 1.29 is 14.7 Å². The molecule has 0 aromatic rings. The van der Waals surface area contributed by atoms with Gasteiger partial charge in [0.25, 0.3) is 0 Å². The van der Waals surface area contributed by atoms with Crippen LogP contribution in [0.4, 0.5) is 0 Å². The molecule has 0 bridgehead atoms. The molecule has 1 fully saturated rings. The highest BCUT2D eigenvalue weighted by atomic mass is 16.4. The van der Waals surface area contributed by atoms with Crippen LogP contribution in [0.2, 0.25) is 0 Å². The normalized spacial score (nSPS) is 21.8. The first-order valence-corrected chi connectivity index (χ1v) is 5.68. The van der Waals surface area contributed by atoms with Gasteiger partial charge >= 0.3 is 5.97 Å². The molecule has 1 rings (SSSR count). The number of amides is 1. The number of likely N-dealkylation sites (N-methyl/N-ethyl adjacent to an activating group) is 1. The average Bonchev–Trinajstić information content (AvgIpc) is 2.10. The fourth-order valence-corrected chi connectivity index (χ4v) is 1.92. The lowest BCUT2D eigenvalue weighted by Gasteiger charge is -2.40. The standard InChI is InChI=1S/C11H20N2O3/c1-7(2)6-8(12-3)10(14)13-5-4-9(13)11(15)16/h7-9,12H,4-6H2,1-3H3,(H,15,16)/t8-,9-/m0/s1.